The van der Waals surface area contributed by atoms with Crippen LogP contribution in [0, 0.1) is 12.7 Å². The Morgan fingerprint density at radius 1 is 1.12 bits per heavy atom. The van der Waals surface area contributed by atoms with Gasteiger partial charge in [-0.25, -0.2) is 12.8 Å². The Hall–Kier alpha value is -2.41. The van der Waals surface area contributed by atoms with Crippen LogP contribution in [0.15, 0.2) is 48.5 Å². The fourth-order valence-corrected chi connectivity index (χ4v) is 3.05. The van der Waals surface area contributed by atoms with Gasteiger partial charge in [0.1, 0.15) is 12.4 Å². The summed E-state index contributed by atoms with van der Waals surface area (Å²) in [7, 11) is -3.67. The van der Waals surface area contributed by atoms with Crippen molar-refractivity contribution in [1.82, 2.24) is 5.32 Å². The van der Waals surface area contributed by atoms with Gasteiger partial charge in [0.15, 0.2) is 0 Å². The van der Waals surface area contributed by atoms with Crippen LogP contribution in [0.1, 0.15) is 11.1 Å². The van der Waals surface area contributed by atoms with Crippen LogP contribution in [0.5, 0.6) is 0 Å². The third kappa shape index (κ3) is 4.79. The number of halogens is 1. The zero-order valence-electron chi connectivity index (χ0n) is 13.5. The summed E-state index contributed by atoms with van der Waals surface area (Å²) in [6.45, 7) is 1.88. The van der Waals surface area contributed by atoms with Crippen LogP contribution in [-0.2, 0) is 21.4 Å². The van der Waals surface area contributed by atoms with Crippen molar-refractivity contribution in [3.63, 3.8) is 0 Å². The van der Waals surface area contributed by atoms with E-state index in [1.54, 1.807) is 0 Å². The number of benzene rings is 2. The van der Waals surface area contributed by atoms with Crippen molar-refractivity contribution in [1.29, 1.82) is 0 Å². The molecule has 1 N–H and O–H groups in total. The first-order chi connectivity index (χ1) is 11.3. The lowest BCUT2D eigenvalue weighted by Gasteiger charge is -2.22. The van der Waals surface area contributed by atoms with Gasteiger partial charge in [-0.2, -0.15) is 0 Å². The van der Waals surface area contributed by atoms with E-state index in [9.17, 15) is 17.6 Å². The second-order valence-electron chi connectivity index (χ2n) is 5.45. The zero-order chi connectivity index (χ0) is 17.7. The summed E-state index contributed by atoms with van der Waals surface area (Å²) >= 11 is 0. The van der Waals surface area contributed by atoms with E-state index < -0.39 is 21.7 Å². The molecule has 2 aromatic rings. The molecule has 0 spiro atoms. The van der Waals surface area contributed by atoms with E-state index in [2.05, 4.69) is 5.32 Å². The van der Waals surface area contributed by atoms with E-state index in [0.717, 1.165) is 33.8 Å². The second-order valence-corrected chi connectivity index (χ2v) is 7.36. The van der Waals surface area contributed by atoms with E-state index in [1.165, 1.54) is 12.1 Å². The van der Waals surface area contributed by atoms with Gasteiger partial charge in [0.05, 0.1) is 11.9 Å². The average molecular weight is 350 g/mol. The number of aryl methyl sites for hydroxylation is 1. The van der Waals surface area contributed by atoms with Gasteiger partial charge in [-0.3, -0.25) is 9.10 Å². The van der Waals surface area contributed by atoms with Crippen molar-refractivity contribution in [3.05, 3.63) is 65.5 Å². The van der Waals surface area contributed by atoms with Crippen molar-refractivity contribution in [2.24, 2.45) is 0 Å². The molecule has 0 saturated carbocycles. The molecule has 0 radical (unpaired) electrons. The lowest BCUT2D eigenvalue weighted by atomic mass is 10.1. The standard InChI is InChI=1S/C17H19FN2O3S/c1-13-5-3-4-6-14(13)11-19-17(21)12-20(24(2,22)23)16-9-7-15(18)8-10-16/h3-10H,11-12H2,1-2H3,(H,19,21). The molecule has 0 fully saturated rings. The van der Waals surface area contributed by atoms with Gasteiger partial charge < -0.3 is 5.32 Å². The lowest BCUT2D eigenvalue weighted by Crippen LogP contribution is -2.40. The molecule has 0 aromatic heterocycles. The molecule has 0 bridgehead atoms. The number of hydrogen-bond donors (Lipinski definition) is 1. The fraction of sp³-hybridized carbons (Fsp3) is 0.235. The molecular weight excluding hydrogens is 331 g/mol. The Morgan fingerprint density at radius 3 is 2.33 bits per heavy atom. The number of sulfonamides is 1. The highest BCUT2D eigenvalue weighted by atomic mass is 32.2. The number of anilines is 1. The van der Waals surface area contributed by atoms with Gasteiger partial charge in [-0.1, -0.05) is 24.3 Å². The first-order valence-corrected chi connectivity index (χ1v) is 9.16. The van der Waals surface area contributed by atoms with Gasteiger partial charge in [0.25, 0.3) is 0 Å². The predicted molar refractivity (Wildman–Crippen MR) is 91.6 cm³/mol. The maximum absolute atomic E-state index is 13.0. The third-order valence-electron chi connectivity index (χ3n) is 3.54. The number of nitrogens with zero attached hydrogens (tertiary/aromatic N) is 1. The zero-order valence-corrected chi connectivity index (χ0v) is 14.3. The normalized spacial score (nSPS) is 11.1. The Kier molecular flexibility index (Phi) is 5.56. The maximum atomic E-state index is 13.0. The number of carbonyl (C=O) groups is 1. The molecule has 2 rings (SSSR count). The SMILES string of the molecule is Cc1ccccc1CNC(=O)CN(c1ccc(F)cc1)S(C)(=O)=O. The summed E-state index contributed by atoms with van der Waals surface area (Å²) < 4.78 is 37.8. The van der Waals surface area contributed by atoms with Crippen LogP contribution >= 0.6 is 0 Å². The summed E-state index contributed by atoms with van der Waals surface area (Å²) in [5.41, 5.74) is 2.24. The minimum absolute atomic E-state index is 0.241. The topological polar surface area (TPSA) is 66.5 Å². The van der Waals surface area contributed by atoms with Crippen LogP contribution in [0.25, 0.3) is 0 Å². The molecule has 7 heteroatoms. The number of amides is 1. The molecule has 0 atom stereocenters. The largest absolute Gasteiger partial charge is 0.350 e. The molecule has 0 aliphatic carbocycles. The van der Waals surface area contributed by atoms with Crippen molar-refractivity contribution in [2.75, 3.05) is 17.1 Å². The summed E-state index contributed by atoms with van der Waals surface area (Å²) in [5.74, 6) is -0.913. The minimum atomic E-state index is -3.67. The van der Waals surface area contributed by atoms with Gasteiger partial charge in [0.2, 0.25) is 15.9 Å². The summed E-state index contributed by atoms with van der Waals surface area (Å²) in [4.78, 5) is 12.1. The minimum Gasteiger partial charge on any atom is -0.350 e. The summed E-state index contributed by atoms with van der Waals surface area (Å²) in [6.07, 6.45) is 1.00. The molecule has 5 nitrogen and oxygen atoms in total. The average Bonchev–Trinajstić information content (AvgIpc) is 2.52. The molecule has 0 saturated heterocycles. The van der Waals surface area contributed by atoms with Gasteiger partial charge in [-0.15, -0.1) is 0 Å². The van der Waals surface area contributed by atoms with Crippen LogP contribution in [0.2, 0.25) is 0 Å². The molecule has 0 heterocycles. The molecule has 0 aliphatic heterocycles. The van der Waals surface area contributed by atoms with Gasteiger partial charge >= 0.3 is 0 Å². The molecule has 2 aromatic carbocycles. The molecule has 0 aliphatic rings. The monoisotopic (exact) mass is 350 g/mol. The van der Waals surface area contributed by atoms with Crippen LogP contribution < -0.4 is 9.62 Å². The van der Waals surface area contributed by atoms with E-state index in [4.69, 9.17) is 0 Å². The molecular formula is C17H19FN2O3S. The number of carbonyl (C=O) groups excluding carboxylic acids is 1. The van der Waals surface area contributed by atoms with Crippen molar-refractivity contribution >= 4 is 21.6 Å². The molecule has 128 valence electrons. The van der Waals surface area contributed by atoms with Crippen molar-refractivity contribution < 1.29 is 17.6 Å². The van der Waals surface area contributed by atoms with Crippen LogP contribution in [0.4, 0.5) is 10.1 Å². The van der Waals surface area contributed by atoms with Gasteiger partial charge in [-0.05, 0) is 42.3 Å². The van der Waals surface area contributed by atoms with Crippen LogP contribution in [-0.4, -0.2) is 27.1 Å². The lowest BCUT2D eigenvalue weighted by molar-refractivity contribution is -0.119. The number of nitrogens with one attached hydrogen (secondary N) is 1. The smallest absolute Gasteiger partial charge is 0.241 e. The summed E-state index contributed by atoms with van der Waals surface area (Å²) in [6, 6.07) is 12.6. The van der Waals surface area contributed by atoms with Crippen LogP contribution in [0.3, 0.4) is 0 Å². The Labute approximate surface area is 141 Å². The highest BCUT2D eigenvalue weighted by Crippen LogP contribution is 2.17. The first kappa shape index (κ1) is 17.9. The third-order valence-corrected chi connectivity index (χ3v) is 4.68. The van der Waals surface area contributed by atoms with E-state index in [0.29, 0.717) is 6.54 Å². The molecule has 24 heavy (non-hydrogen) atoms. The maximum Gasteiger partial charge on any atom is 0.241 e. The first-order valence-electron chi connectivity index (χ1n) is 7.32. The van der Waals surface area contributed by atoms with E-state index >= 15 is 0 Å². The summed E-state index contributed by atoms with van der Waals surface area (Å²) in [5, 5.41) is 2.70. The Morgan fingerprint density at radius 2 is 1.75 bits per heavy atom. The van der Waals surface area contributed by atoms with E-state index in [1.807, 2.05) is 31.2 Å². The van der Waals surface area contributed by atoms with E-state index in [-0.39, 0.29) is 12.2 Å². The van der Waals surface area contributed by atoms with Gasteiger partial charge in [0, 0.05) is 6.54 Å². The molecule has 0 unspecified atom stereocenters. The van der Waals surface area contributed by atoms with Crippen molar-refractivity contribution in [2.45, 2.75) is 13.5 Å². The Bertz CT molecular complexity index is 820. The highest BCUT2D eigenvalue weighted by Gasteiger charge is 2.20. The van der Waals surface area contributed by atoms with Crippen molar-refractivity contribution in [3.8, 4) is 0 Å². The number of hydrogen-bond acceptors (Lipinski definition) is 3. The number of rotatable bonds is 6. The molecule has 1 amide bonds. The quantitative estimate of drug-likeness (QED) is 0.869. The highest BCUT2D eigenvalue weighted by molar-refractivity contribution is 7.92. The Balaban J connectivity index is 2.08. The predicted octanol–water partition coefficient (Wildman–Crippen LogP) is 2.22. The second kappa shape index (κ2) is 7.44. The fourth-order valence-electron chi connectivity index (χ4n) is 2.20.